The minimum atomic E-state index is -0.722. The van der Waals surface area contributed by atoms with E-state index in [1.807, 2.05) is 75.3 Å². The Balaban J connectivity index is 0.000000288. The molecule has 4 saturated heterocycles. The van der Waals surface area contributed by atoms with Crippen molar-refractivity contribution >= 4 is 189 Å². The molecule has 11 heterocycles. The van der Waals surface area contributed by atoms with Crippen LogP contribution in [-0.2, 0) is 55.1 Å². The Morgan fingerprint density at radius 3 is 1.03 bits per heavy atom. The number of anilines is 4. The Hall–Kier alpha value is -8.93. The van der Waals surface area contributed by atoms with E-state index in [1.165, 1.54) is 74.3 Å². The van der Waals surface area contributed by atoms with Crippen LogP contribution in [0.15, 0.2) is 48.2 Å². The molecular weight excluding hydrogens is 1820 g/mol. The molecule has 0 aromatic carbocycles. The lowest BCUT2D eigenvalue weighted by Gasteiger charge is -2.33. The molecule has 716 valence electrons. The second-order valence-corrected chi connectivity index (χ2v) is 45.9. The van der Waals surface area contributed by atoms with E-state index in [0.717, 1.165) is 163 Å². The summed E-state index contributed by atoms with van der Waals surface area (Å²) in [5, 5.41) is 71.9. The fourth-order valence-electron chi connectivity index (χ4n) is 11.5. The topological polar surface area (TPSA) is 379 Å². The molecular formula is C92H134ClN21O10S7. The Kier molecular flexibility index (Phi) is 42.4. The Morgan fingerprint density at radius 2 is 0.794 bits per heavy atom. The largest absolute Gasteiger partial charge is 0.481 e. The van der Waals surface area contributed by atoms with Crippen LogP contribution in [0.3, 0.4) is 0 Å². The minimum Gasteiger partial charge on any atom is -0.481 e. The summed E-state index contributed by atoms with van der Waals surface area (Å²) in [6.07, 6.45) is 7.30. The molecule has 0 unspecified atom stereocenters. The van der Waals surface area contributed by atoms with Gasteiger partial charge in [-0.1, -0.05) is 179 Å². The van der Waals surface area contributed by atoms with Crippen molar-refractivity contribution in [2.45, 2.75) is 311 Å². The molecule has 131 heavy (non-hydrogen) atoms. The number of aliphatic hydroxyl groups is 2. The van der Waals surface area contributed by atoms with Gasteiger partial charge in [-0.05, 0) is 129 Å². The maximum absolute atomic E-state index is 12.4. The highest BCUT2D eigenvalue weighted by Gasteiger charge is 2.36. The zero-order chi connectivity index (χ0) is 98.9. The molecule has 0 bridgehead atoms. The number of azo groups is 3. The van der Waals surface area contributed by atoms with Gasteiger partial charge in [0.05, 0.1) is 101 Å². The summed E-state index contributed by atoms with van der Waals surface area (Å²) < 4.78 is 23.9. The Bertz CT molecular complexity index is 5240. The van der Waals surface area contributed by atoms with Crippen molar-refractivity contribution in [3.8, 4) is 6.07 Å². The predicted octanol–water partition coefficient (Wildman–Crippen LogP) is 25.8. The zero-order valence-electron chi connectivity index (χ0n) is 81.6. The number of esters is 2. The van der Waals surface area contributed by atoms with Gasteiger partial charge >= 0.3 is 17.9 Å². The second kappa shape index (κ2) is 49.3. The van der Waals surface area contributed by atoms with Gasteiger partial charge in [-0.15, -0.1) is 53.6 Å². The number of carbonyl (C=O) groups is 5. The van der Waals surface area contributed by atoms with Crippen LogP contribution in [0.5, 0.6) is 0 Å². The number of carbonyl (C=O) groups excluding carboxylic acids is 4. The summed E-state index contributed by atoms with van der Waals surface area (Å²) in [4.78, 5) is 94.7. The van der Waals surface area contributed by atoms with Crippen LogP contribution < -0.4 is 19.6 Å². The lowest BCUT2D eigenvalue weighted by molar-refractivity contribution is -0.160. The van der Waals surface area contributed by atoms with Crippen LogP contribution in [0.2, 0.25) is 0 Å². The molecule has 0 radical (unpaired) electrons. The van der Waals surface area contributed by atoms with Crippen LogP contribution in [0.1, 0.15) is 284 Å². The maximum Gasteiger partial charge on any atom is 0.333 e. The number of halogens is 1. The van der Waals surface area contributed by atoms with Crippen LogP contribution in [0, 0.1) is 73.5 Å². The minimum absolute atomic E-state index is 0.00463. The lowest BCUT2D eigenvalue weighted by atomic mass is 9.89. The number of carboxylic acid groups (broad SMARTS) is 1. The maximum atomic E-state index is 12.4. The third-order valence-corrected chi connectivity index (χ3v) is 28.0. The number of thiazole rings is 4. The van der Waals surface area contributed by atoms with Gasteiger partial charge in [0.1, 0.15) is 12.2 Å². The first kappa shape index (κ1) is 113. The number of aryl methyl sites for hydroxylation is 3. The molecule has 4 aliphatic rings. The first-order chi connectivity index (χ1) is 60.8. The van der Waals surface area contributed by atoms with Crippen molar-refractivity contribution in [3.63, 3.8) is 0 Å². The van der Waals surface area contributed by atoms with Crippen molar-refractivity contribution in [1.82, 2.24) is 33.1 Å². The summed E-state index contributed by atoms with van der Waals surface area (Å²) in [6.45, 7) is 86.8. The molecule has 0 atom stereocenters. The van der Waals surface area contributed by atoms with Crippen molar-refractivity contribution < 1.29 is 48.8 Å². The third-order valence-electron chi connectivity index (χ3n) is 21.4. The number of aromatic nitrogens is 7. The zero-order valence-corrected chi connectivity index (χ0v) is 88.0. The van der Waals surface area contributed by atoms with Crippen LogP contribution >= 0.6 is 91.5 Å². The summed E-state index contributed by atoms with van der Waals surface area (Å²) in [6, 6.07) is 1.82. The summed E-state index contributed by atoms with van der Waals surface area (Å²) >= 11 is 15.1. The molecule has 4 fully saturated rings. The number of piperidine rings is 4. The molecule has 0 aliphatic carbocycles. The fourth-order valence-corrected chi connectivity index (χ4v) is 18.4. The van der Waals surface area contributed by atoms with Crippen molar-refractivity contribution in [2.24, 2.45) is 52.3 Å². The summed E-state index contributed by atoms with van der Waals surface area (Å²) in [7, 11) is 0. The molecule has 0 spiro atoms. The number of aliphatic carboxylic acids is 1. The molecule has 7 aromatic heterocycles. The lowest BCUT2D eigenvalue weighted by Crippen LogP contribution is -2.39. The van der Waals surface area contributed by atoms with Crippen molar-refractivity contribution in [3.05, 3.63) is 91.6 Å². The van der Waals surface area contributed by atoms with Gasteiger partial charge in [0.2, 0.25) is 17.1 Å². The first-order valence-corrected chi connectivity index (χ1v) is 49.9. The SMILES string of the molecule is CC(C)(C)C(=O)CC#N.CC(C)(C)C(=O)CCl.CC(C)(C)c1csc(N2CCC(O)CC2)n1.CCC(C)(C)C(=O)O.[C-]#[N+]c1c(C)nsc1N=Nc1sc(N2CCC(O)CC2)nc1C(C)(C)C.[C-]#[N+]c1c(C)nsc1N=Nc1sc(N2CCC(OC(=O)C(=C)C)CC2)nc1C(C)(C)C.[C-]#[N+]c1c(C)nsc1N=Nc1sc(N2CCC(OC(=O)C(C)(C)CC)CC2)nc1C(C)(C)C. The van der Waals surface area contributed by atoms with Gasteiger partial charge in [-0.2, -0.15) is 5.26 Å². The van der Waals surface area contributed by atoms with E-state index < -0.39 is 16.8 Å². The number of Topliss-reactive ketones (excluding diaryl/α,β-unsaturated/α-hetero) is 2. The van der Waals surface area contributed by atoms with E-state index in [0.29, 0.717) is 61.1 Å². The van der Waals surface area contributed by atoms with Gasteiger partial charge in [0.15, 0.2) is 62.1 Å². The van der Waals surface area contributed by atoms with E-state index in [4.69, 9.17) is 71.1 Å². The van der Waals surface area contributed by atoms with Crippen LogP contribution in [0.4, 0.5) is 67.6 Å². The van der Waals surface area contributed by atoms with Gasteiger partial charge in [-0.3, -0.25) is 19.2 Å². The number of hydrogen-bond donors (Lipinski definition) is 3. The van der Waals surface area contributed by atoms with E-state index in [9.17, 15) is 34.2 Å². The number of carboxylic acids is 1. The molecule has 7 aromatic rings. The van der Waals surface area contributed by atoms with E-state index in [-0.39, 0.29) is 92.7 Å². The number of ether oxygens (including phenoxy) is 2. The number of ketones is 2. The average molecular weight is 1950 g/mol. The van der Waals surface area contributed by atoms with Gasteiger partial charge in [-0.25, -0.2) is 52.4 Å². The molecule has 0 amide bonds. The van der Waals surface area contributed by atoms with Gasteiger partial charge in [0, 0.05) is 121 Å². The van der Waals surface area contributed by atoms with Gasteiger partial charge in [0.25, 0.3) is 0 Å². The standard InChI is InChI=1S/C23H32N6O2S2.C21H26N6O2S2.C17H22N6OS2.C12H20N2OS.C7H11NO.C6H11ClO.C6H12O2/c1-9-23(6,7)20(30)31-15-10-12-29(13-11-15)21-25-17(22(3,4)5)19(32-21)27-26-18-16(24-8)14(2)28-33-18;1-12(2)19(28)29-14-8-10-27(11-9-14)20-23-16(21(4,5)6)18(30-20)25-24-17-15(22-7)13(3)26-31-17;1-10-12(18-5)14(26-22-10)20-21-15-13(17(2,3)4)19-16(25-15)23-8-6-11(24)7-9-23;1-12(2,3)10-8-16-11(13-10)14-6-4-9(15)5-7-14;1-7(2,3)6(9)4-5-8;1-6(2,3)5(8)4-7;1-4-6(2,3)5(7)8/h15H,9-13H2,1-7H3;14H,1,8-11H2,2-6H3;11,24H,6-9H2,1-4H3;8-9,15H,4-7H2,1-3H3;4H2,1-3H3;4H2,1-3H3;4H2,1-3H3,(H,7,8). The number of rotatable bonds is 19. The number of alkyl halides is 1. The van der Waals surface area contributed by atoms with E-state index >= 15 is 0 Å². The first-order valence-electron chi connectivity index (χ1n) is 43.7. The van der Waals surface area contributed by atoms with Gasteiger partial charge < -0.3 is 44.4 Å². The molecule has 4 aliphatic heterocycles. The van der Waals surface area contributed by atoms with Crippen molar-refractivity contribution in [1.29, 1.82) is 5.26 Å². The van der Waals surface area contributed by atoms with Crippen LogP contribution in [0.25, 0.3) is 14.5 Å². The van der Waals surface area contributed by atoms with E-state index in [1.54, 1.807) is 52.9 Å². The average Bonchev–Trinajstić information content (AvgIpc) is 1.66. The number of nitriles is 1. The quantitative estimate of drug-likeness (QED) is 0.0222. The third kappa shape index (κ3) is 34.5. The number of aliphatic hydroxyl groups excluding tert-OH is 2. The Morgan fingerprint density at radius 1 is 0.489 bits per heavy atom. The highest BCUT2D eigenvalue weighted by atomic mass is 35.5. The monoisotopic (exact) mass is 1950 g/mol. The highest BCUT2D eigenvalue weighted by Crippen LogP contribution is 2.48. The molecule has 31 nitrogen and oxygen atoms in total. The normalized spacial score (nSPS) is 15.3. The van der Waals surface area contributed by atoms with Crippen molar-refractivity contribution in [2.75, 3.05) is 77.8 Å². The fraction of sp³-hybridized carbons (Fsp3) is 0.652. The summed E-state index contributed by atoms with van der Waals surface area (Å²) in [5.41, 5.74) is 5.60. The second-order valence-electron chi connectivity index (χ2n) is 39.7. The molecule has 3 N–H and O–H groups in total. The molecule has 39 heteroatoms. The number of nitrogens with zero attached hydrogens (tertiary/aromatic N) is 21. The number of hydrogen-bond acceptors (Lipinski definition) is 34. The summed E-state index contributed by atoms with van der Waals surface area (Å²) in [5.74, 6) is -0.942. The van der Waals surface area contributed by atoms with Crippen LogP contribution in [-0.4, -0.2) is 161 Å². The molecule has 11 rings (SSSR count). The Labute approximate surface area is 808 Å². The molecule has 0 saturated carbocycles. The smallest absolute Gasteiger partial charge is 0.333 e. The predicted molar refractivity (Wildman–Crippen MR) is 533 cm³/mol. The highest BCUT2D eigenvalue weighted by molar-refractivity contribution is 7.20. The van der Waals surface area contributed by atoms with E-state index in [2.05, 4.69) is 173 Å².